The van der Waals surface area contributed by atoms with Gasteiger partial charge in [-0.3, -0.25) is 0 Å². The molecular weight excluding hydrogens is 232 g/mol. The molecule has 0 saturated carbocycles. The Labute approximate surface area is 109 Å². The molecule has 0 unspecified atom stereocenters. The van der Waals surface area contributed by atoms with E-state index in [1.807, 2.05) is 12.1 Å². The molecule has 0 aliphatic rings. The Balaban J connectivity index is 2.31. The topological polar surface area (TPSA) is 36.4 Å². The van der Waals surface area contributed by atoms with Crippen LogP contribution in [-0.4, -0.2) is 11.0 Å². The highest BCUT2D eigenvalue weighted by Crippen LogP contribution is 2.34. The van der Waals surface area contributed by atoms with Crippen molar-refractivity contribution in [3.8, 4) is 0 Å². The van der Waals surface area contributed by atoms with Gasteiger partial charge in [-0.1, -0.05) is 42.5 Å². The first-order chi connectivity index (χ1) is 9.36. The van der Waals surface area contributed by atoms with E-state index >= 15 is 0 Å². The molecule has 0 N–H and O–H groups in total. The Morgan fingerprint density at radius 1 is 0.737 bits per heavy atom. The number of rotatable bonds is 1. The molecule has 0 bridgehead atoms. The third-order valence-electron chi connectivity index (χ3n) is 3.69. The molecular formula is C17H10N2. The van der Waals surface area contributed by atoms with Crippen LogP contribution in [0.4, 0.5) is 0 Å². The molecule has 0 fully saturated rings. The van der Waals surface area contributed by atoms with Crippen molar-refractivity contribution >= 4 is 38.5 Å². The summed E-state index contributed by atoms with van der Waals surface area (Å²) in [7, 11) is 0. The van der Waals surface area contributed by atoms with Crippen molar-refractivity contribution in [2.24, 2.45) is 0 Å². The van der Waals surface area contributed by atoms with Crippen molar-refractivity contribution in [1.29, 1.82) is 0 Å². The summed E-state index contributed by atoms with van der Waals surface area (Å²) in [5, 5.41) is 7.47. The third kappa shape index (κ3) is 1.38. The normalized spacial score (nSPS) is 11.2. The fraction of sp³-hybridized carbons (Fsp3) is 0. The molecule has 0 heterocycles. The van der Waals surface area contributed by atoms with Gasteiger partial charge in [-0.05, 0) is 44.5 Å². The zero-order chi connectivity index (χ0) is 12.8. The van der Waals surface area contributed by atoms with E-state index in [2.05, 4.69) is 47.3 Å². The second-order valence-corrected chi connectivity index (χ2v) is 4.80. The first kappa shape index (κ1) is 10.2. The highest BCUT2D eigenvalue weighted by atomic mass is 14.8. The fourth-order valence-electron chi connectivity index (χ4n) is 2.92. The summed E-state index contributed by atoms with van der Waals surface area (Å²) in [6.07, 6.45) is 1.47. The first-order valence-corrected chi connectivity index (χ1v) is 6.22. The summed E-state index contributed by atoms with van der Waals surface area (Å²) in [6, 6.07) is 19.0. The molecule has 0 radical (unpaired) electrons. The van der Waals surface area contributed by atoms with Gasteiger partial charge in [0.15, 0.2) is 0 Å². The monoisotopic (exact) mass is 242 g/mol. The Hall–Kier alpha value is -2.70. The van der Waals surface area contributed by atoms with Crippen LogP contribution < -0.4 is 0 Å². The fourth-order valence-corrected chi connectivity index (χ4v) is 2.92. The largest absolute Gasteiger partial charge is 0.361 e. The van der Waals surface area contributed by atoms with E-state index in [0.29, 0.717) is 0 Å². The van der Waals surface area contributed by atoms with Crippen LogP contribution in [0, 0.1) is 0 Å². The van der Waals surface area contributed by atoms with Crippen molar-refractivity contribution in [2.75, 3.05) is 0 Å². The minimum atomic E-state index is 0.911. The van der Waals surface area contributed by atoms with Crippen molar-refractivity contribution in [1.82, 2.24) is 0 Å². The molecule has 4 aromatic rings. The lowest BCUT2D eigenvalue weighted by Crippen LogP contribution is -1.87. The Kier molecular flexibility index (Phi) is 1.96. The molecule has 0 aliphatic carbocycles. The lowest BCUT2D eigenvalue weighted by atomic mass is 9.93. The van der Waals surface area contributed by atoms with Crippen LogP contribution >= 0.6 is 0 Å². The predicted octanol–water partition coefficient (Wildman–Crippen LogP) is 4.23. The second-order valence-electron chi connectivity index (χ2n) is 4.80. The van der Waals surface area contributed by atoms with Crippen molar-refractivity contribution in [2.45, 2.75) is 0 Å². The molecule has 0 aromatic heterocycles. The average molecular weight is 242 g/mol. The van der Waals surface area contributed by atoms with Gasteiger partial charge in [-0.25, -0.2) is 0 Å². The zero-order valence-corrected chi connectivity index (χ0v) is 10.2. The van der Waals surface area contributed by atoms with E-state index in [-0.39, 0.29) is 0 Å². The number of nitrogens with zero attached hydrogens (tertiary/aromatic N) is 2. The molecule has 0 amide bonds. The summed E-state index contributed by atoms with van der Waals surface area (Å²) in [5.74, 6) is 0. The summed E-state index contributed by atoms with van der Waals surface area (Å²) >= 11 is 0. The zero-order valence-electron chi connectivity index (χ0n) is 10.2. The van der Waals surface area contributed by atoms with E-state index in [1.165, 1.54) is 38.5 Å². The highest BCUT2D eigenvalue weighted by molar-refractivity contribution is 6.23. The van der Waals surface area contributed by atoms with Crippen LogP contribution in [0.2, 0.25) is 0 Å². The van der Waals surface area contributed by atoms with Crippen molar-refractivity contribution < 1.29 is 4.79 Å². The molecule has 19 heavy (non-hydrogen) atoms. The maximum Gasteiger partial charge on any atom is 0.287 e. The van der Waals surface area contributed by atoms with Gasteiger partial charge in [0.2, 0.25) is 0 Å². The van der Waals surface area contributed by atoms with Crippen LogP contribution in [0.1, 0.15) is 5.56 Å². The quantitative estimate of drug-likeness (QED) is 0.207. The number of benzene rings is 4. The minimum Gasteiger partial charge on any atom is -0.361 e. The van der Waals surface area contributed by atoms with Crippen molar-refractivity contribution in [3.63, 3.8) is 0 Å². The van der Waals surface area contributed by atoms with Gasteiger partial charge >= 0.3 is 0 Å². The van der Waals surface area contributed by atoms with Gasteiger partial charge in [-0.2, -0.15) is 4.79 Å². The molecule has 0 saturated heterocycles. The third-order valence-corrected chi connectivity index (χ3v) is 3.69. The summed E-state index contributed by atoms with van der Waals surface area (Å²) in [5.41, 5.74) is 9.60. The smallest absolute Gasteiger partial charge is 0.287 e. The van der Waals surface area contributed by atoms with Gasteiger partial charge in [0, 0.05) is 0 Å². The van der Waals surface area contributed by atoms with Crippen LogP contribution in [0.15, 0.2) is 54.6 Å². The van der Waals surface area contributed by atoms with Crippen LogP contribution in [0.5, 0.6) is 0 Å². The van der Waals surface area contributed by atoms with E-state index in [1.54, 1.807) is 0 Å². The molecule has 0 atom stereocenters. The average Bonchev–Trinajstić information content (AvgIpc) is 2.45. The Morgan fingerprint density at radius 2 is 1.26 bits per heavy atom. The number of hydrogen-bond acceptors (Lipinski definition) is 0. The van der Waals surface area contributed by atoms with Crippen molar-refractivity contribution in [3.05, 3.63) is 65.7 Å². The molecule has 88 valence electrons. The molecule has 2 nitrogen and oxygen atoms in total. The Morgan fingerprint density at radius 3 is 1.84 bits per heavy atom. The molecule has 0 aliphatic heterocycles. The SMILES string of the molecule is [N-]=[N+]=Cc1cc2ccc3cccc4ccc(c1)c2c34. The van der Waals surface area contributed by atoms with Crippen LogP contribution in [0.25, 0.3) is 37.8 Å². The summed E-state index contributed by atoms with van der Waals surface area (Å²) < 4.78 is 0. The lowest BCUT2D eigenvalue weighted by molar-refractivity contribution is 0.00458. The van der Waals surface area contributed by atoms with Gasteiger partial charge < -0.3 is 5.53 Å². The first-order valence-electron chi connectivity index (χ1n) is 6.22. The summed E-state index contributed by atoms with van der Waals surface area (Å²) in [4.78, 5) is 3.12. The predicted molar refractivity (Wildman–Crippen MR) is 78.9 cm³/mol. The standard InChI is InChI=1S/C17H10N2/c18-19-10-11-8-14-6-4-12-2-1-3-13-5-7-15(9-11)17(14)16(12)13/h1-10H. The van der Waals surface area contributed by atoms with Crippen LogP contribution in [0.3, 0.4) is 0 Å². The van der Waals surface area contributed by atoms with E-state index < -0.39 is 0 Å². The maximum atomic E-state index is 8.69. The number of hydrogen-bond donors (Lipinski definition) is 0. The van der Waals surface area contributed by atoms with Gasteiger partial charge in [-0.15, -0.1) is 0 Å². The molecule has 2 heteroatoms. The molecule has 4 aromatic carbocycles. The van der Waals surface area contributed by atoms with Crippen LogP contribution in [-0.2, 0) is 0 Å². The Bertz CT molecular complexity index is 899. The molecule has 0 spiro atoms. The molecule has 4 rings (SSSR count). The highest BCUT2D eigenvalue weighted by Gasteiger charge is 2.08. The minimum absolute atomic E-state index is 0.911. The lowest BCUT2D eigenvalue weighted by Gasteiger charge is -2.10. The van der Waals surface area contributed by atoms with E-state index in [9.17, 15) is 0 Å². The van der Waals surface area contributed by atoms with Gasteiger partial charge in [0.05, 0.1) is 5.56 Å². The van der Waals surface area contributed by atoms with E-state index in [0.717, 1.165) is 5.56 Å². The van der Waals surface area contributed by atoms with Gasteiger partial charge in [0.25, 0.3) is 6.21 Å². The summed E-state index contributed by atoms with van der Waals surface area (Å²) in [6.45, 7) is 0. The maximum absolute atomic E-state index is 8.69. The van der Waals surface area contributed by atoms with E-state index in [4.69, 9.17) is 5.53 Å². The van der Waals surface area contributed by atoms with Gasteiger partial charge in [0.1, 0.15) is 0 Å². The second kappa shape index (κ2) is 3.64.